The Labute approximate surface area is 128 Å². The Hall–Kier alpha value is -0.980. The first-order valence-corrected chi connectivity index (χ1v) is 8.40. The summed E-state index contributed by atoms with van der Waals surface area (Å²) in [5.74, 6) is 1.05. The van der Waals surface area contributed by atoms with Gasteiger partial charge in [-0.25, -0.2) is 4.68 Å². The van der Waals surface area contributed by atoms with E-state index in [-0.39, 0.29) is 0 Å². The minimum atomic E-state index is 0.821. The summed E-state index contributed by atoms with van der Waals surface area (Å²) in [5, 5.41) is 6.82. The van der Waals surface area contributed by atoms with Crippen LogP contribution in [0.3, 0.4) is 0 Å². The second kappa shape index (κ2) is 6.20. The van der Waals surface area contributed by atoms with Crippen LogP contribution in [0.4, 0.5) is 0 Å². The topological polar surface area (TPSA) is 26.0 Å². The van der Waals surface area contributed by atoms with Crippen molar-refractivity contribution in [1.82, 2.24) is 19.2 Å². The van der Waals surface area contributed by atoms with Crippen molar-refractivity contribution in [1.29, 1.82) is 0 Å². The molecule has 0 atom stereocenters. The molecule has 4 nitrogen and oxygen atoms in total. The van der Waals surface area contributed by atoms with Crippen molar-refractivity contribution < 1.29 is 0 Å². The summed E-state index contributed by atoms with van der Waals surface area (Å²) in [5.41, 5.74) is 0. The Kier molecular flexibility index (Phi) is 4.33. The van der Waals surface area contributed by atoms with E-state index in [1.54, 1.807) is 11.3 Å². The van der Waals surface area contributed by atoms with Crippen molar-refractivity contribution in [3.8, 4) is 0 Å². The first kappa shape index (κ1) is 14.0. The first-order chi connectivity index (χ1) is 9.74. The Balaban J connectivity index is 1.76. The molecule has 6 heteroatoms. The third-order valence-electron chi connectivity index (χ3n) is 3.83. The number of piperidine rings is 1. The van der Waals surface area contributed by atoms with Gasteiger partial charge in [0.05, 0.1) is 6.67 Å². The largest absolute Gasteiger partial charge is 0.307 e. The average molecular weight is 308 g/mol. The van der Waals surface area contributed by atoms with Gasteiger partial charge in [-0.3, -0.25) is 4.90 Å². The van der Waals surface area contributed by atoms with Crippen LogP contribution in [0.5, 0.6) is 0 Å². The normalized spacial score (nSPS) is 16.6. The fourth-order valence-electron chi connectivity index (χ4n) is 2.64. The van der Waals surface area contributed by atoms with Crippen molar-refractivity contribution in [2.24, 2.45) is 7.05 Å². The average Bonchev–Trinajstić information content (AvgIpc) is 3.06. The molecular formula is C14H20N4S2. The van der Waals surface area contributed by atoms with Crippen molar-refractivity contribution in [3.63, 3.8) is 0 Å². The minimum absolute atomic E-state index is 0.821. The zero-order valence-electron chi connectivity index (χ0n) is 11.8. The molecule has 0 saturated carbocycles. The van der Waals surface area contributed by atoms with Gasteiger partial charge in [0.2, 0.25) is 0 Å². The molecule has 3 rings (SSSR count). The Morgan fingerprint density at radius 2 is 2.10 bits per heavy atom. The number of rotatable bonds is 4. The molecule has 0 aromatic carbocycles. The van der Waals surface area contributed by atoms with E-state index in [4.69, 9.17) is 17.3 Å². The van der Waals surface area contributed by atoms with Crippen LogP contribution in [0.15, 0.2) is 17.5 Å². The van der Waals surface area contributed by atoms with Crippen molar-refractivity contribution in [2.45, 2.75) is 32.4 Å². The second-order valence-electron chi connectivity index (χ2n) is 5.33. The molecule has 0 aliphatic carbocycles. The lowest BCUT2D eigenvalue weighted by atomic mass is 10.1. The monoisotopic (exact) mass is 308 g/mol. The van der Waals surface area contributed by atoms with E-state index in [1.165, 1.54) is 37.2 Å². The number of aromatic nitrogens is 3. The SMILES string of the molecule is Cn1c(Cc2cccs2)nn(CN2CCCCC2)c1=S. The second-order valence-corrected chi connectivity index (χ2v) is 6.73. The Morgan fingerprint density at radius 1 is 1.30 bits per heavy atom. The van der Waals surface area contributed by atoms with Gasteiger partial charge in [0.15, 0.2) is 4.77 Å². The van der Waals surface area contributed by atoms with Gasteiger partial charge in [-0.1, -0.05) is 12.5 Å². The van der Waals surface area contributed by atoms with E-state index in [9.17, 15) is 0 Å². The molecule has 0 spiro atoms. The molecule has 20 heavy (non-hydrogen) atoms. The highest BCUT2D eigenvalue weighted by Crippen LogP contribution is 2.15. The van der Waals surface area contributed by atoms with Crippen molar-refractivity contribution in [3.05, 3.63) is 33.0 Å². The molecule has 1 aliphatic rings. The zero-order chi connectivity index (χ0) is 13.9. The number of likely N-dealkylation sites (tertiary alicyclic amines) is 1. The molecule has 3 heterocycles. The maximum absolute atomic E-state index is 5.52. The lowest BCUT2D eigenvalue weighted by Gasteiger charge is -2.25. The van der Waals surface area contributed by atoms with Crippen LogP contribution < -0.4 is 0 Å². The quantitative estimate of drug-likeness (QED) is 0.812. The van der Waals surface area contributed by atoms with Crippen LogP contribution in [-0.2, 0) is 20.1 Å². The highest BCUT2D eigenvalue weighted by molar-refractivity contribution is 7.71. The third-order valence-corrected chi connectivity index (χ3v) is 5.19. The summed E-state index contributed by atoms with van der Waals surface area (Å²) in [6.45, 7) is 3.16. The Bertz CT molecular complexity index is 606. The summed E-state index contributed by atoms with van der Waals surface area (Å²) < 4.78 is 4.84. The summed E-state index contributed by atoms with van der Waals surface area (Å²) in [6, 6.07) is 4.23. The predicted molar refractivity (Wildman–Crippen MR) is 84.6 cm³/mol. The van der Waals surface area contributed by atoms with Gasteiger partial charge in [-0.2, -0.15) is 5.10 Å². The van der Waals surface area contributed by atoms with Gasteiger partial charge in [0, 0.05) is 18.3 Å². The minimum Gasteiger partial charge on any atom is -0.307 e. The third kappa shape index (κ3) is 3.02. The summed E-state index contributed by atoms with van der Waals surface area (Å²) in [6.07, 6.45) is 4.81. The fraction of sp³-hybridized carbons (Fsp3) is 0.571. The molecule has 1 aliphatic heterocycles. The number of hydrogen-bond donors (Lipinski definition) is 0. The number of thiophene rings is 1. The highest BCUT2D eigenvalue weighted by Gasteiger charge is 2.14. The zero-order valence-corrected chi connectivity index (χ0v) is 13.4. The van der Waals surface area contributed by atoms with Gasteiger partial charge in [0.1, 0.15) is 5.82 Å². The molecule has 108 valence electrons. The van der Waals surface area contributed by atoms with Crippen LogP contribution in [0.25, 0.3) is 0 Å². The molecular weight excluding hydrogens is 288 g/mol. The van der Waals surface area contributed by atoms with Crippen molar-refractivity contribution in [2.75, 3.05) is 13.1 Å². The lowest BCUT2D eigenvalue weighted by Crippen LogP contribution is -2.32. The van der Waals surface area contributed by atoms with E-state index in [1.807, 2.05) is 16.3 Å². The standard InChI is InChI=1S/C14H20N4S2/c1-16-13(10-12-6-5-9-20-12)15-18(14(16)19)11-17-7-3-2-4-8-17/h5-6,9H,2-4,7-8,10-11H2,1H3. The fourth-order valence-corrected chi connectivity index (χ4v) is 3.54. The van der Waals surface area contributed by atoms with E-state index >= 15 is 0 Å². The van der Waals surface area contributed by atoms with Crippen LogP contribution in [0.1, 0.15) is 30.0 Å². The molecule has 0 unspecified atom stereocenters. The molecule has 0 bridgehead atoms. The highest BCUT2D eigenvalue weighted by atomic mass is 32.1. The van der Waals surface area contributed by atoms with Gasteiger partial charge in [0.25, 0.3) is 0 Å². The van der Waals surface area contributed by atoms with Gasteiger partial charge in [-0.15, -0.1) is 11.3 Å². The molecule has 0 radical (unpaired) electrons. The predicted octanol–water partition coefficient (Wildman–Crippen LogP) is 3.05. The van der Waals surface area contributed by atoms with E-state index in [2.05, 4.69) is 22.4 Å². The summed E-state index contributed by atoms with van der Waals surface area (Å²) in [7, 11) is 2.02. The lowest BCUT2D eigenvalue weighted by molar-refractivity contribution is 0.172. The van der Waals surface area contributed by atoms with Crippen LogP contribution >= 0.6 is 23.6 Å². The number of nitrogens with zero attached hydrogens (tertiary/aromatic N) is 4. The van der Waals surface area contributed by atoms with Crippen LogP contribution in [-0.4, -0.2) is 32.3 Å². The van der Waals surface area contributed by atoms with Crippen LogP contribution in [0.2, 0.25) is 0 Å². The maximum Gasteiger partial charge on any atom is 0.198 e. The molecule has 0 N–H and O–H groups in total. The summed E-state index contributed by atoms with van der Waals surface area (Å²) >= 11 is 7.29. The first-order valence-electron chi connectivity index (χ1n) is 7.11. The van der Waals surface area contributed by atoms with E-state index in [0.29, 0.717) is 0 Å². The molecule has 1 fully saturated rings. The number of hydrogen-bond acceptors (Lipinski definition) is 4. The Morgan fingerprint density at radius 3 is 2.80 bits per heavy atom. The van der Waals surface area contributed by atoms with Crippen LogP contribution in [0, 0.1) is 4.77 Å². The molecule has 0 amide bonds. The van der Waals surface area contributed by atoms with Gasteiger partial charge in [-0.05, 0) is 49.6 Å². The molecule has 2 aromatic heterocycles. The van der Waals surface area contributed by atoms with E-state index in [0.717, 1.165) is 23.7 Å². The maximum atomic E-state index is 5.52. The molecule has 1 saturated heterocycles. The van der Waals surface area contributed by atoms with Crippen molar-refractivity contribution >= 4 is 23.6 Å². The molecule has 2 aromatic rings. The van der Waals surface area contributed by atoms with Gasteiger partial charge < -0.3 is 4.57 Å². The van der Waals surface area contributed by atoms with E-state index < -0.39 is 0 Å². The van der Waals surface area contributed by atoms with Gasteiger partial charge >= 0.3 is 0 Å². The smallest absolute Gasteiger partial charge is 0.198 e. The summed E-state index contributed by atoms with van der Waals surface area (Å²) in [4.78, 5) is 3.78.